The van der Waals surface area contributed by atoms with Gasteiger partial charge in [-0.25, -0.2) is 0 Å². The van der Waals surface area contributed by atoms with E-state index >= 15 is 0 Å². The van der Waals surface area contributed by atoms with E-state index in [1.165, 1.54) is 5.70 Å². The van der Waals surface area contributed by atoms with Crippen LogP contribution in [0.3, 0.4) is 0 Å². The van der Waals surface area contributed by atoms with Gasteiger partial charge >= 0.3 is 0 Å². The number of fused-ring (bicyclic) bond motifs is 3. The number of nitrogens with one attached hydrogen (secondary N) is 3. The summed E-state index contributed by atoms with van der Waals surface area (Å²) in [5, 5.41) is 9.57. The Balaban J connectivity index is 1.69. The largest absolute Gasteiger partial charge is 0.489 e. The van der Waals surface area contributed by atoms with Crippen LogP contribution in [0.25, 0.3) is 0 Å². The number of benzene rings is 1. The Labute approximate surface area is 129 Å². The predicted octanol–water partition coefficient (Wildman–Crippen LogP) is 1.12. The maximum absolute atomic E-state index is 11.8. The molecule has 116 valence electrons. The zero-order chi connectivity index (χ0) is 15.1. The first-order valence-electron chi connectivity index (χ1n) is 7.72. The van der Waals surface area contributed by atoms with Crippen molar-refractivity contribution in [3.8, 4) is 5.75 Å². The first-order chi connectivity index (χ1) is 10.7. The van der Waals surface area contributed by atoms with Crippen LogP contribution in [0.1, 0.15) is 12.5 Å². The lowest BCUT2D eigenvalue weighted by Crippen LogP contribution is -2.42. The Morgan fingerprint density at radius 1 is 1.32 bits per heavy atom. The lowest BCUT2D eigenvalue weighted by atomic mass is 10.1. The molecule has 1 saturated heterocycles. The van der Waals surface area contributed by atoms with E-state index in [-0.39, 0.29) is 11.9 Å². The third-order valence-corrected chi connectivity index (χ3v) is 4.41. The summed E-state index contributed by atoms with van der Waals surface area (Å²) < 4.78 is 5.92. The van der Waals surface area contributed by atoms with Crippen LogP contribution in [-0.4, -0.2) is 43.1 Å². The zero-order valence-electron chi connectivity index (χ0n) is 12.6. The van der Waals surface area contributed by atoms with E-state index in [1.807, 2.05) is 19.1 Å². The summed E-state index contributed by atoms with van der Waals surface area (Å²) in [6, 6.07) is 3.81. The molecule has 0 aromatic heterocycles. The number of amides is 1. The summed E-state index contributed by atoms with van der Waals surface area (Å²) in [6.07, 6.45) is 2.15. The van der Waals surface area contributed by atoms with E-state index in [9.17, 15) is 4.79 Å². The molecule has 3 aliphatic heterocycles. The molecule has 6 heteroatoms. The van der Waals surface area contributed by atoms with Crippen molar-refractivity contribution in [3.05, 3.63) is 29.5 Å². The molecule has 3 aliphatic rings. The van der Waals surface area contributed by atoms with E-state index in [1.54, 1.807) is 0 Å². The van der Waals surface area contributed by atoms with Gasteiger partial charge in [0.25, 0.3) is 0 Å². The molecule has 3 heterocycles. The molecule has 0 aliphatic carbocycles. The summed E-state index contributed by atoms with van der Waals surface area (Å²) >= 11 is 0. The van der Waals surface area contributed by atoms with Crippen LogP contribution in [0.15, 0.2) is 23.9 Å². The van der Waals surface area contributed by atoms with Gasteiger partial charge in [0, 0.05) is 43.5 Å². The number of nitrogens with zero attached hydrogens (tertiary/aromatic N) is 1. The van der Waals surface area contributed by atoms with Gasteiger partial charge < -0.3 is 25.6 Å². The molecule has 1 unspecified atom stereocenters. The van der Waals surface area contributed by atoms with Gasteiger partial charge in [0.05, 0.1) is 11.4 Å². The van der Waals surface area contributed by atoms with E-state index in [2.05, 4.69) is 26.9 Å². The minimum Gasteiger partial charge on any atom is -0.489 e. The van der Waals surface area contributed by atoms with Crippen LogP contribution in [0, 0.1) is 0 Å². The fraction of sp³-hybridized carbons (Fsp3) is 0.438. The van der Waals surface area contributed by atoms with Crippen molar-refractivity contribution >= 4 is 17.3 Å². The molecule has 1 atom stereocenters. The molecule has 0 bridgehead atoms. The third-order valence-electron chi connectivity index (χ3n) is 4.41. The number of hydrogen-bond donors (Lipinski definition) is 3. The first-order valence-corrected chi connectivity index (χ1v) is 7.72. The van der Waals surface area contributed by atoms with Crippen molar-refractivity contribution < 1.29 is 9.53 Å². The first kappa shape index (κ1) is 13.5. The normalized spacial score (nSPS) is 25.9. The molecule has 1 amide bonds. The Bertz CT molecular complexity index is 656. The zero-order valence-corrected chi connectivity index (χ0v) is 12.6. The highest BCUT2D eigenvalue weighted by atomic mass is 16.5. The van der Waals surface area contributed by atoms with Crippen LogP contribution < -0.4 is 20.7 Å². The molecule has 0 spiro atoms. The lowest BCUT2D eigenvalue weighted by molar-refractivity contribution is -0.116. The maximum Gasteiger partial charge on any atom is 0.246 e. The summed E-state index contributed by atoms with van der Waals surface area (Å²) in [5.74, 6) is 0.894. The predicted molar refractivity (Wildman–Crippen MR) is 85.0 cm³/mol. The number of carbonyl (C=O) groups is 1. The Hall–Kier alpha value is -2.21. The number of carbonyl (C=O) groups excluding carboxylic acids is 1. The van der Waals surface area contributed by atoms with E-state index < -0.39 is 0 Å². The second kappa shape index (κ2) is 5.21. The average molecular weight is 300 g/mol. The van der Waals surface area contributed by atoms with Gasteiger partial charge in [-0.2, -0.15) is 0 Å². The Morgan fingerprint density at radius 3 is 3.14 bits per heavy atom. The van der Waals surface area contributed by atoms with Gasteiger partial charge in [-0.3, -0.25) is 4.79 Å². The van der Waals surface area contributed by atoms with Crippen LogP contribution in [0.2, 0.25) is 0 Å². The standard InChI is InChI=1S/C16H20N4O2/c1-10-16(21)19-13-6-11-9-20-4-3-17-8-12(20)2-5-22-15(11)7-14(13)18-10/h2,6-7,10,17-18H,3-5,8-9H2,1H3,(H,19,21)/b12-2-. The molecule has 0 saturated carbocycles. The van der Waals surface area contributed by atoms with Crippen molar-refractivity contribution in [1.29, 1.82) is 0 Å². The molecule has 1 aromatic carbocycles. The summed E-state index contributed by atoms with van der Waals surface area (Å²) in [4.78, 5) is 14.2. The molecular formula is C16H20N4O2. The van der Waals surface area contributed by atoms with Crippen molar-refractivity contribution in [3.63, 3.8) is 0 Å². The molecule has 3 N–H and O–H groups in total. The van der Waals surface area contributed by atoms with Crippen LogP contribution >= 0.6 is 0 Å². The van der Waals surface area contributed by atoms with Gasteiger partial charge in [0.15, 0.2) is 0 Å². The van der Waals surface area contributed by atoms with Crippen LogP contribution in [0.4, 0.5) is 11.4 Å². The number of anilines is 2. The van der Waals surface area contributed by atoms with Crippen molar-refractivity contribution in [1.82, 2.24) is 10.2 Å². The number of hydrogen-bond acceptors (Lipinski definition) is 5. The molecule has 22 heavy (non-hydrogen) atoms. The topological polar surface area (TPSA) is 65.6 Å². The van der Waals surface area contributed by atoms with Gasteiger partial charge in [-0.05, 0) is 19.1 Å². The Kier molecular flexibility index (Phi) is 3.18. The van der Waals surface area contributed by atoms with Gasteiger partial charge in [0.2, 0.25) is 5.91 Å². The summed E-state index contributed by atoms with van der Waals surface area (Å²) in [6.45, 7) is 6.10. The quantitative estimate of drug-likeness (QED) is 0.670. The van der Waals surface area contributed by atoms with Gasteiger partial charge in [-0.1, -0.05) is 0 Å². The number of piperazine rings is 1. The molecule has 1 aromatic rings. The van der Waals surface area contributed by atoms with Crippen LogP contribution in [0.5, 0.6) is 5.75 Å². The smallest absolute Gasteiger partial charge is 0.246 e. The Morgan fingerprint density at radius 2 is 2.23 bits per heavy atom. The maximum atomic E-state index is 11.8. The second-order valence-corrected chi connectivity index (χ2v) is 5.97. The number of rotatable bonds is 0. The van der Waals surface area contributed by atoms with Crippen molar-refractivity contribution in [2.45, 2.75) is 19.5 Å². The highest BCUT2D eigenvalue weighted by Gasteiger charge is 2.25. The van der Waals surface area contributed by atoms with Gasteiger partial charge in [0.1, 0.15) is 18.4 Å². The molecule has 4 rings (SSSR count). The molecule has 6 nitrogen and oxygen atoms in total. The van der Waals surface area contributed by atoms with Crippen molar-refractivity contribution in [2.75, 3.05) is 36.9 Å². The second-order valence-electron chi connectivity index (χ2n) is 5.97. The van der Waals surface area contributed by atoms with E-state index in [0.29, 0.717) is 6.61 Å². The molecule has 1 fully saturated rings. The molecule has 0 radical (unpaired) electrons. The minimum absolute atomic E-state index is 0.00182. The lowest BCUT2D eigenvalue weighted by Gasteiger charge is -2.35. The summed E-state index contributed by atoms with van der Waals surface area (Å²) in [7, 11) is 0. The molecular weight excluding hydrogens is 280 g/mol. The van der Waals surface area contributed by atoms with Gasteiger partial charge in [-0.15, -0.1) is 0 Å². The average Bonchev–Trinajstić information content (AvgIpc) is 2.49. The van der Waals surface area contributed by atoms with Crippen molar-refractivity contribution in [2.24, 2.45) is 0 Å². The highest BCUT2D eigenvalue weighted by Crippen LogP contribution is 2.36. The summed E-state index contributed by atoms with van der Waals surface area (Å²) in [5.41, 5.74) is 4.16. The van der Waals surface area contributed by atoms with E-state index in [0.717, 1.165) is 48.9 Å². The highest BCUT2D eigenvalue weighted by molar-refractivity contribution is 6.03. The van der Waals surface area contributed by atoms with E-state index in [4.69, 9.17) is 4.74 Å². The SMILES string of the molecule is CC1Nc2cc3c(cc2NC1=O)CN1CCNC/C1=C/CO3. The fourth-order valence-corrected chi connectivity index (χ4v) is 3.15. The monoisotopic (exact) mass is 300 g/mol. The fourth-order valence-electron chi connectivity index (χ4n) is 3.15. The number of ether oxygens (including phenoxy) is 1. The minimum atomic E-state index is -0.223. The van der Waals surface area contributed by atoms with Crippen LogP contribution in [-0.2, 0) is 11.3 Å². The third kappa shape index (κ3) is 2.29.